The second-order valence-electron chi connectivity index (χ2n) is 4.24. The number of benzene rings is 1. The van der Waals surface area contributed by atoms with E-state index in [1.165, 1.54) is 12.1 Å². The minimum atomic E-state index is -1.29. The van der Waals surface area contributed by atoms with Gasteiger partial charge in [0.25, 0.3) is 5.69 Å². The standard InChI is InChI=1S/C13H18N2O5S/c16-6-2-7-21-8-5-14-9-10-3-1-4-11(15(19)20)12(10)13(17)18/h1,3-4,14,16H,2,5-9H2,(H,17,18). The van der Waals surface area contributed by atoms with Gasteiger partial charge in [0.2, 0.25) is 0 Å². The van der Waals surface area contributed by atoms with Gasteiger partial charge in [-0.2, -0.15) is 11.8 Å². The van der Waals surface area contributed by atoms with E-state index in [1.54, 1.807) is 17.8 Å². The summed E-state index contributed by atoms with van der Waals surface area (Å²) in [6.45, 7) is 1.11. The van der Waals surface area contributed by atoms with Crippen LogP contribution < -0.4 is 5.32 Å². The molecule has 0 atom stereocenters. The Bertz CT molecular complexity index is 495. The molecule has 7 nitrogen and oxygen atoms in total. The number of carboxylic acids is 1. The van der Waals surface area contributed by atoms with Gasteiger partial charge in [0.05, 0.1) is 4.92 Å². The predicted molar refractivity (Wildman–Crippen MR) is 80.8 cm³/mol. The molecule has 116 valence electrons. The summed E-state index contributed by atoms with van der Waals surface area (Å²) in [5.74, 6) is 0.406. The van der Waals surface area contributed by atoms with Crippen molar-refractivity contribution in [2.75, 3.05) is 24.7 Å². The van der Waals surface area contributed by atoms with Crippen LogP contribution in [0, 0.1) is 10.1 Å². The third kappa shape index (κ3) is 5.70. The van der Waals surface area contributed by atoms with Crippen LogP contribution in [-0.2, 0) is 6.54 Å². The van der Waals surface area contributed by atoms with Crippen LogP contribution in [0.25, 0.3) is 0 Å². The number of nitrogens with zero attached hydrogens (tertiary/aromatic N) is 1. The maximum Gasteiger partial charge on any atom is 0.343 e. The van der Waals surface area contributed by atoms with E-state index in [2.05, 4.69) is 5.32 Å². The molecule has 0 aliphatic rings. The molecule has 0 spiro atoms. The first-order chi connectivity index (χ1) is 10.1. The number of rotatable bonds is 10. The molecule has 1 aromatic rings. The number of nitrogens with one attached hydrogen (secondary N) is 1. The molecule has 1 aromatic carbocycles. The zero-order chi connectivity index (χ0) is 15.7. The Balaban J connectivity index is 2.57. The number of thioether (sulfide) groups is 1. The molecular weight excluding hydrogens is 296 g/mol. The Kier molecular flexibility index (Phi) is 7.73. The van der Waals surface area contributed by atoms with Crippen molar-refractivity contribution < 1.29 is 19.9 Å². The van der Waals surface area contributed by atoms with Crippen molar-refractivity contribution in [2.24, 2.45) is 0 Å². The molecule has 0 amide bonds. The average molecular weight is 314 g/mol. The van der Waals surface area contributed by atoms with E-state index in [-0.39, 0.29) is 24.4 Å². The van der Waals surface area contributed by atoms with Crippen LogP contribution in [0.5, 0.6) is 0 Å². The molecule has 21 heavy (non-hydrogen) atoms. The molecule has 0 saturated heterocycles. The fraction of sp³-hybridized carbons (Fsp3) is 0.462. The Morgan fingerprint density at radius 3 is 2.76 bits per heavy atom. The normalized spacial score (nSPS) is 10.5. The van der Waals surface area contributed by atoms with E-state index in [0.717, 1.165) is 17.9 Å². The molecule has 0 bridgehead atoms. The van der Waals surface area contributed by atoms with Crippen LogP contribution in [0.2, 0.25) is 0 Å². The number of carboxylic acid groups (broad SMARTS) is 1. The Labute approximate surface area is 126 Å². The van der Waals surface area contributed by atoms with Crippen LogP contribution >= 0.6 is 11.8 Å². The molecule has 1 rings (SSSR count). The fourth-order valence-corrected chi connectivity index (χ4v) is 2.60. The summed E-state index contributed by atoms with van der Waals surface area (Å²) in [5, 5.41) is 31.7. The molecule has 8 heteroatoms. The van der Waals surface area contributed by atoms with Gasteiger partial charge in [-0.15, -0.1) is 0 Å². The third-order valence-electron chi connectivity index (χ3n) is 2.72. The number of nitro benzene ring substituents is 1. The van der Waals surface area contributed by atoms with E-state index in [9.17, 15) is 14.9 Å². The molecule has 0 radical (unpaired) electrons. The molecule has 0 unspecified atom stereocenters. The molecule has 0 saturated carbocycles. The average Bonchev–Trinajstić information content (AvgIpc) is 2.45. The Morgan fingerprint density at radius 1 is 1.38 bits per heavy atom. The van der Waals surface area contributed by atoms with E-state index in [0.29, 0.717) is 12.1 Å². The largest absolute Gasteiger partial charge is 0.477 e. The summed E-state index contributed by atoms with van der Waals surface area (Å²) in [7, 11) is 0. The molecular formula is C13H18N2O5S. The second kappa shape index (κ2) is 9.32. The van der Waals surface area contributed by atoms with Gasteiger partial charge in [-0.3, -0.25) is 10.1 Å². The molecule has 3 N–H and O–H groups in total. The first-order valence-electron chi connectivity index (χ1n) is 6.46. The van der Waals surface area contributed by atoms with Gasteiger partial charge in [0.15, 0.2) is 0 Å². The maximum absolute atomic E-state index is 11.2. The Morgan fingerprint density at radius 2 is 2.14 bits per heavy atom. The highest BCUT2D eigenvalue weighted by atomic mass is 32.2. The minimum Gasteiger partial charge on any atom is -0.477 e. The van der Waals surface area contributed by atoms with Crippen LogP contribution in [0.4, 0.5) is 5.69 Å². The van der Waals surface area contributed by atoms with Gasteiger partial charge in [0, 0.05) is 31.5 Å². The first kappa shape index (κ1) is 17.4. The Hall–Kier alpha value is -1.64. The van der Waals surface area contributed by atoms with Crippen LogP contribution in [0.15, 0.2) is 18.2 Å². The quantitative estimate of drug-likeness (QED) is 0.341. The summed E-state index contributed by atoms with van der Waals surface area (Å²) in [5.41, 5.74) is -0.251. The molecule has 0 aliphatic carbocycles. The fourth-order valence-electron chi connectivity index (χ4n) is 1.77. The van der Waals surface area contributed by atoms with Crippen molar-refractivity contribution >= 4 is 23.4 Å². The minimum absolute atomic E-state index is 0.177. The van der Waals surface area contributed by atoms with E-state index in [4.69, 9.17) is 10.2 Å². The van der Waals surface area contributed by atoms with Crippen molar-refractivity contribution in [1.29, 1.82) is 0 Å². The molecule has 0 heterocycles. The van der Waals surface area contributed by atoms with E-state index in [1.807, 2.05) is 0 Å². The molecule has 0 aromatic heterocycles. The number of aliphatic hydroxyl groups excluding tert-OH is 1. The number of hydrogen-bond acceptors (Lipinski definition) is 6. The summed E-state index contributed by atoms with van der Waals surface area (Å²) in [6, 6.07) is 4.25. The topological polar surface area (TPSA) is 113 Å². The lowest BCUT2D eigenvalue weighted by molar-refractivity contribution is -0.385. The van der Waals surface area contributed by atoms with Crippen molar-refractivity contribution in [2.45, 2.75) is 13.0 Å². The summed E-state index contributed by atoms with van der Waals surface area (Å²) < 4.78 is 0. The van der Waals surface area contributed by atoms with Gasteiger partial charge in [0.1, 0.15) is 5.56 Å². The van der Waals surface area contributed by atoms with Gasteiger partial charge in [-0.25, -0.2) is 4.79 Å². The maximum atomic E-state index is 11.2. The second-order valence-corrected chi connectivity index (χ2v) is 5.46. The highest BCUT2D eigenvalue weighted by molar-refractivity contribution is 7.99. The number of carbonyl (C=O) groups is 1. The zero-order valence-corrected chi connectivity index (χ0v) is 12.3. The first-order valence-corrected chi connectivity index (χ1v) is 7.62. The number of aliphatic hydroxyl groups is 1. The zero-order valence-electron chi connectivity index (χ0n) is 11.4. The van der Waals surface area contributed by atoms with Crippen LogP contribution in [-0.4, -0.2) is 45.8 Å². The third-order valence-corrected chi connectivity index (χ3v) is 3.79. The van der Waals surface area contributed by atoms with Crippen LogP contribution in [0.3, 0.4) is 0 Å². The van der Waals surface area contributed by atoms with Crippen molar-refractivity contribution in [3.8, 4) is 0 Å². The van der Waals surface area contributed by atoms with Crippen molar-refractivity contribution in [1.82, 2.24) is 5.32 Å². The number of hydrogen-bond donors (Lipinski definition) is 3. The van der Waals surface area contributed by atoms with Crippen molar-refractivity contribution in [3.05, 3.63) is 39.4 Å². The van der Waals surface area contributed by atoms with Gasteiger partial charge >= 0.3 is 5.97 Å². The number of nitro groups is 1. The van der Waals surface area contributed by atoms with E-state index < -0.39 is 10.9 Å². The summed E-state index contributed by atoms with van der Waals surface area (Å²) >= 11 is 1.68. The predicted octanol–water partition coefficient (Wildman–Crippen LogP) is 1.50. The molecule has 0 fully saturated rings. The van der Waals surface area contributed by atoms with Gasteiger partial charge < -0.3 is 15.5 Å². The summed E-state index contributed by atoms with van der Waals surface area (Å²) in [6.07, 6.45) is 0.749. The van der Waals surface area contributed by atoms with E-state index >= 15 is 0 Å². The highest BCUT2D eigenvalue weighted by Crippen LogP contribution is 2.22. The SMILES string of the molecule is O=C(O)c1c(CNCCSCCCO)cccc1[N+](=O)[O-]. The van der Waals surface area contributed by atoms with Crippen LogP contribution in [0.1, 0.15) is 22.3 Å². The van der Waals surface area contributed by atoms with Gasteiger partial charge in [-0.1, -0.05) is 12.1 Å². The lowest BCUT2D eigenvalue weighted by atomic mass is 10.1. The summed E-state index contributed by atoms with van der Waals surface area (Å²) in [4.78, 5) is 21.4. The smallest absolute Gasteiger partial charge is 0.343 e. The monoisotopic (exact) mass is 314 g/mol. The lowest BCUT2D eigenvalue weighted by Gasteiger charge is -2.08. The van der Waals surface area contributed by atoms with Crippen molar-refractivity contribution in [3.63, 3.8) is 0 Å². The number of aromatic carboxylic acids is 1. The lowest BCUT2D eigenvalue weighted by Crippen LogP contribution is -2.19. The highest BCUT2D eigenvalue weighted by Gasteiger charge is 2.22. The molecule has 0 aliphatic heterocycles. The van der Waals surface area contributed by atoms with Gasteiger partial charge in [-0.05, 0) is 17.7 Å².